The van der Waals surface area contributed by atoms with Crippen molar-refractivity contribution in [3.63, 3.8) is 0 Å². The Kier molecular flexibility index (Phi) is 5.13. The van der Waals surface area contributed by atoms with E-state index in [1.807, 2.05) is 0 Å². The average Bonchev–Trinajstić information content (AvgIpc) is 2.50. The van der Waals surface area contributed by atoms with Gasteiger partial charge >= 0.3 is 0 Å². The Hall–Kier alpha value is 0.140. The van der Waals surface area contributed by atoms with Crippen molar-refractivity contribution in [1.82, 2.24) is 0 Å². The number of rotatable bonds is 5. The summed E-state index contributed by atoms with van der Waals surface area (Å²) in [4.78, 5) is 1.38. The largest absolute Gasteiger partial charge is 0.327 e. The van der Waals surface area contributed by atoms with Crippen LogP contribution in [0.15, 0.2) is 15.9 Å². The first-order valence-electron chi connectivity index (χ1n) is 5.10. The second-order valence-electron chi connectivity index (χ2n) is 3.94. The fourth-order valence-corrected chi connectivity index (χ4v) is 3.03. The lowest BCUT2D eigenvalue weighted by Crippen LogP contribution is -2.24. The molecule has 0 amide bonds. The minimum atomic E-state index is 0.315. The highest BCUT2D eigenvalue weighted by Crippen LogP contribution is 2.22. The maximum Gasteiger partial charge on any atom is 0.0285 e. The molecule has 1 aromatic heterocycles. The standard InChI is InChI=1S/C11H18BrNS/c1-3-8(2)4-10(13)6-11-5-9(12)7-14-11/h5,7-8,10H,3-4,6,13H2,1-2H3. The molecule has 0 bridgehead atoms. The highest BCUT2D eigenvalue weighted by atomic mass is 79.9. The van der Waals surface area contributed by atoms with Gasteiger partial charge in [-0.2, -0.15) is 0 Å². The van der Waals surface area contributed by atoms with Crippen LogP contribution in [0.5, 0.6) is 0 Å². The Balaban J connectivity index is 2.37. The van der Waals surface area contributed by atoms with Crippen molar-refractivity contribution in [2.45, 2.75) is 39.2 Å². The van der Waals surface area contributed by atoms with E-state index in [-0.39, 0.29) is 0 Å². The van der Waals surface area contributed by atoms with Crippen molar-refractivity contribution in [1.29, 1.82) is 0 Å². The fraction of sp³-hybridized carbons (Fsp3) is 0.636. The zero-order valence-corrected chi connectivity index (χ0v) is 11.2. The number of thiophene rings is 1. The van der Waals surface area contributed by atoms with Gasteiger partial charge in [0.05, 0.1) is 0 Å². The van der Waals surface area contributed by atoms with Gasteiger partial charge in [-0.05, 0) is 40.8 Å². The molecule has 2 N–H and O–H groups in total. The first kappa shape index (κ1) is 12.2. The molecular weight excluding hydrogens is 258 g/mol. The summed E-state index contributed by atoms with van der Waals surface area (Å²) in [7, 11) is 0. The fourth-order valence-electron chi connectivity index (χ4n) is 1.49. The van der Waals surface area contributed by atoms with Crippen LogP contribution >= 0.6 is 27.3 Å². The summed E-state index contributed by atoms with van der Waals surface area (Å²) in [5.41, 5.74) is 6.08. The molecule has 0 radical (unpaired) electrons. The van der Waals surface area contributed by atoms with Gasteiger partial charge in [0, 0.05) is 20.8 Å². The van der Waals surface area contributed by atoms with E-state index in [0.717, 1.165) is 18.8 Å². The van der Waals surface area contributed by atoms with Gasteiger partial charge in [-0.1, -0.05) is 20.3 Å². The van der Waals surface area contributed by atoms with Gasteiger partial charge in [0.1, 0.15) is 0 Å². The van der Waals surface area contributed by atoms with Crippen LogP contribution in [0.4, 0.5) is 0 Å². The van der Waals surface area contributed by atoms with Gasteiger partial charge in [-0.15, -0.1) is 11.3 Å². The van der Waals surface area contributed by atoms with E-state index in [9.17, 15) is 0 Å². The Bertz CT molecular complexity index is 272. The first-order chi connectivity index (χ1) is 6.61. The molecule has 3 heteroatoms. The van der Waals surface area contributed by atoms with Crippen LogP contribution in [0.25, 0.3) is 0 Å². The van der Waals surface area contributed by atoms with Gasteiger partial charge in [-0.3, -0.25) is 0 Å². The molecule has 0 aliphatic rings. The summed E-state index contributed by atoms with van der Waals surface area (Å²) in [5, 5.41) is 2.12. The highest BCUT2D eigenvalue weighted by molar-refractivity contribution is 9.10. The van der Waals surface area contributed by atoms with Gasteiger partial charge in [0.25, 0.3) is 0 Å². The van der Waals surface area contributed by atoms with Crippen LogP contribution in [-0.2, 0) is 6.42 Å². The molecule has 2 unspecified atom stereocenters. The Labute approximate surface area is 98.8 Å². The van der Waals surface area contributed by atoms with E-state index in [2.05, 4.69) is 41.2 Å². The summed E-state index contributed by atoms with van der Waals surface area (Å²) < 4.78 is 1.17. The summed E-state index contributed by atoms with van der Waals surface area (Å²) in [6.45, 7) is 4.49. The Morgan fingerprint density at radius 1 is 1.57 bits per heavy atom. The summed E-state index contributed by atoms with van der Waals surface area (Å²) in [5.74, 6) is 0.744. The molecule has 0 spiro atoms. The second-order valence-corrected chi connectivity index (χ2v) is 5.86. The predicted octanol–water partition coefficient (Wildman–Crippen LogP) is 3.82. The smallest absolute Gasteiger partial charge is 0.0285 e. The van der Waals surface area contributed by atoms with E-state index < -0.39 is 0 Å². The van der Waals surface area contributed by atoms with Gasteiger partial charge in [0.15, 0.2) is 0 Å². The SMILES string of the molecule is CCC(C)CC(N)Cc1cc(Br)cs1. The maximum atomic E-state index is 6.08. The van der Waals surface area contributed by atoms with Gasteiger partial charge in [0.2, 0.25) is 0 Å². The van der Waals surface area contributed by atoms with Crippen molar-refractivity contribution in [2.75, 3.05) is 0 Å². The molecule has 0 aliphatic carbocycles. The Morgan fingerprint density at radius 3 is 2.79 bits per heavy atom. The van der Waals surface area contributed by atoms with E-state index >= 15 is 0 Å². The molecule has 1 heterocycles. The minimum Gasteiger partial charge on any atom is -0.327 e. The van der Waals surface area contributed by atoms with Crippen molar-refractivity contribution < 1.29 is 0 Å². The third kappa shape index (κ3) is 4.11. The molecule has 0 fully saturated rings. The number of hydrogen-bond donors (Lipinski definition) is 1. The summed E-state index contributed by atoms with van der Waals surface area (Å²) >= 11 is 5.24. The molecule has 1 aromatic rings. The first-order valence-corrected chi connectivity index (χ1v) is 6.77. The van der Waals surface area contributed by atoms with Crippen LogP contribution in [0, 0.1) is 5.92 Å². The van der Waals surface area contributed by atoms with Crippen molar-refractivity contribution >= 4 is 27.3 Å². The van der Waals surface area contributed by atoms with Crippen LogP contribution < -0.4 is 5.73 Å². The lowest BCUT2D eigenvalue weighted by atomic mass is 9.98. The summed E-state index contributed by atoms with van der Waals surface area (Å²) in [6.07, 6.45) is 3.37. The molecule has 14 heavy (non-hydrogen) atoms. The van der Waals surface area contributed by atoms with E-state index in [4.69, 9.17) is 5.73 Å². The lowest BCUT2D eigenvalue weighted by Gasteiger charge is -2.14. The quantitative estimate of drug-likeness (QED) is 0.869. The third-order valence-electron chi connectivity index (χ3n) is 2.49. The second kappa shape index (κ2) is 5.89. The molecule has 2 atom stereocenters. The van der Waals surface area contributed by atoms with Crippen molar-refractivity contribution in [3.8, 4) is 0 Å². The molecule has 1 nitrogen and oxygen atoms in total. The average molecular weight is 276 g/mol. The molecular formula is C11H18BrNS. The topological polar surface area (TPSA) is 26.0 Å². The zero-order valence-electron chi connectivity index (χ0n) is 8.79. The van der Waals surface area contributed by atoms with Crippen LogP contribution in [0.1, 0.15) is 31.6 Å². The van der Waals surface area contributed by atoms with Crippen molar-refractivity contribution in [2.24, 2.45) is 11.7 Å². The normalized spacial score (nSPS) is 15.4. The molecule has 1 rings (SSSR count). The molecule has 0 aliphatic heterocycles. The van der Waals surface area contributed by atoms with Gasteiger partial charge < -0.3 is 5.73 Å². The Morgan fingerprint density at radius 2 is 2.29 bits per heavy atom. The van der Waals surface area contributed by atoms with Crippen molar-refractivity contribution in [3.05, 3.63) is 20.8 Å². The van der Waals surface area contributed by atoms with Crippen LogP contribution in [-0.4, -0.2) is 6.04 Å². The van der Waals surface area contributed by atoms with Gasteiger partial charge in [-0.25, -0.2) is 0 Å². The summed E-state index contributed by atoms with van der Waals surface area (Å²) in [6, 6.07) is 2.48. The molecule has 0 saturated heterocycles. The predicted molar refractivity (Wildman–Crippen MR) is 67.8 cm³/mol. The maximum absolute atomic E-state index is 6.08. The zero-order chi connectivity index (χ0) is 10.6. The monoisotopic (exact) mass is 275 g/mol. The number of halogens is 1. The highest BCUT2D eigenvalue weighted by Gasteiger charge is 2.09. The van der Waals surface area contributed by atoms with E-state index in [1.165, 1.54) is 15.8 Å². The molecule has 0 aromatic carbocycles. The molecule has 80 valence electrons. The minimum absolute atomic E-state index is 0.315. The lowest BCUT2D eigenvalue weighted by molar-refractivity contribution is 0.451. The third-order valence-corrected chi connectivity index (χ3v) is 4.21. The number of hydrogen-bond acceptors (Lipinski definition) is 2. The molecule has 0 saturated carbocycles. The van der Waals surface area contributed by atoms with E-state index in [1.54, 1.807) is 11.3 Å². The van der Waals surface area contributed by atoms with Crippen LogP contribution in [0.3, 0.4) is 0 Å². The number of nitrogens with two attached hydrogens (primary N) is 1. The van der Waals surface area contributed by atoms with E-state index in [0.29, 0.717) is 6.04 Å². The van der Waals surface area contributed by atoms with Crippen LogP contribution in [0.2, 0.25) is 0 Å².